The summed E-state index contributed by atoms with van der Waals surface area (Å²) >= 11 is 0. The molecule has 0 unspecified atom stereocenters. The van der Waals surface area contributed by atoms with Gasteiger partial charge in [-0.2, -0.15) is 0 Å². The number of rotatable bonds is 0. The van der Waals surface area contributed by atoms with E-state index in [-0.39, 0.29) is 11.9 Å². The van der Waals surface area contributed by atoms with Gasteiger partial charge in [-0.1, -0.05) is 0 Å². The predicted octanol–water partition coefficient (Wildman–Crippen LogP) is 1.39. The first-order valence-electron chi connectivity index (χ1n) is 5.78. The Balaban J connectivity index is 2.08. The number of hydrogen-bond acceptors (Lipinski definition) is 3. The Morgan fingerprint density at radius 2 is 2.31 bits per heavy atom. The standard InChI is InChI=1S/C12H15N3O/c1-7-13-6-10-11(14-7)5-9-3-4-12(10)15(9)8(2)16/h6,9,12H,3-5H2,1-2H3/t9-,12-/m0/s1. The molecule has 0 saturated carbocycles. The van der Waals surface area contributed by atoms with Crippen LogP contribution in [0.2, 0.25) is 0 Å². The minimum absolute atomic E-state index is 0.179. The molecule has 16 heavy (non-hydrogen) atoms. The smallest absolute Gasteiger partial charge is 0.220 e. The predicted molar refractivity (Wildman–Crippen MR) is 58.8 cm³/mol. The van der Waals surface area contributed by atoms with Crippen LogP contribution in [0.5, 0.6) is 0 Å². The summed E-state index contributed by atoms with van der Waals surface area (Å²) in [6.45, 7) is 3.57. The lowest BCUT2D eigenvalue weighted by Gasteiger charge is -2.34. The highest BCUT2D eigenvalue weighted by Crippen LogP contribution is 2.42. The Morgan fingerprint density at radius 1 is 1.50 bits per heavy atom. The Morgan fingerprint density at radius 3 is 3.06 bits per heavy atom. The lowest BCUT2D eigenvalue weighted by molar-refractivity contribution is -0.132. The van der Waals surface area contributed by atoms with Crippen molar-refractivity contribution in [2.45, 2.75) is 45.2 Å². The number of hydrogen-bond donors (Lipinski definition) is 0. The fourth-order valence-corrected chi connectivity index (χ4v) is 3.06. The molecule has 0 aliphatic carbocycles. The molecule has 2 aliphatic heterocycles. The summed E-state index contributed by atoms with van der Waals surface area (Å²) in [6.07, 6.45) is 4.96. The Bertz CT molecular complexity index is 458. The quantitative estimate of drug-likeness (QED) is 0.659. The van der Waals surface area contributed by atoms with Gasteiger partial charge in [0.25, 0.3) is 0 Å². The first-order valence-corrected chi connectivity index (χ1v) is 5.78. The molecule has 0 radical (unpaired) electrons. The van der Waals surface area contributed by atoms with Crippen molar-refractivity contribution in [1.29, 1.82) is 0 Å². The average molecular weight is 217 g/mol. The molecule has 1 aromatic heterocycles. The first-order chi connectivity index (χ1) is 7.66. The second-order valence-electron chi connectivity index (χ2n) is 4.70. The van der Waals surface area contributed by atoms with Crippen LogP contribution in [0.25, 0.3) is 0 Å². The van der Waals surface area contributed by atoms with E-state index < -0.39 is 0 Å². The van der Waals surface area contributed by atoms with Crippen LogP contribution < -0.4 is 0 Å². The molecule has 4 heteroatoms. The SMILES string of the molecule is CC(=O)N1[C@H]2CC[C@H]1c1cnc(C)nc1C2. The monoisotopic (exact) mass is 217 g/mol. The van der Waals surface area contributed by atoms with Gasteiger partial charge >= 0.3 is 0 Å². The highest BCUT2D eigenvalue weighted by Gasteiger charge is 2.41. The second-order valence-corrected chi connectivity index (χ2v) is 4.70. The van der Waals surface area contributed by atoms with E-state index in [4.69, 9.17) is 0 Å². The number of fused-ring (bicyclic) bond motifs is 4. The largest absolute Gasteiger partial charge is 0.332 e. The van der Waals surface area contributed by atoms with Gasteiger partial charge in [-0.25, -0.2) is 9.97 Å². The number of nitrogens with zero attached hydrogens (tertiary/aromatic N) is 3. The van der Waals surface area contributed by atoms with E-state index in [0.29, 0.717) is 6.04 Å². The van der Waals surface area contributed by atoms with Gasteiger partial charge in [0, 0.05) is 31.1 Å². The van der Waals surface area contributed by atoms with Crippen LogP contribution in [-0.2, 0) is 11.2 Å². The van der Waals surface area contributed by atoms with Crippen LogP contribution in [-0.4, -0.2) is 26.8 Å². The molecule has 0 N–H and O–H groups in total. The minimum Gasteiger partial charge on any atom is -0.332 e. The van der Waals surface area contributed by atoms with Crippen molar-refractivity contribution < 1.29 is 4.79 Å². The molecular formula is C12H15N3O. The van der Waals surface area contributed by atoms with Crippen LogP contribution in [0, 0.1) is 6.92 Å². The zero-order valence-corrected chi connectivity index (χ0v) is 9.60. The fraction of sp³-hybridized carbons (Fsp3) is 0.583. The molecule has 84 valence electrons. The Labute approximate surface area is 94.7 Å². The van der Waals surface area contributed by atoms with Crippen molar-refractivity contribution in [3.63, 3.8) is 0 Å². The number of carbonyl (C=O) groups is 1. The molecule has 2 atom stereocenters. The van der Waals surface area contributed by atoms with Crippen LogP contribution >= 0.6 is 0 Å². The zero-order valence-electron chi connectivity index (χ0n) is 9.60. The maximum Gasteiger partial charge on any atom is 0.220 e. The maximum atomic E-state index is 11.6. The average Bonchev–Trinajstić information content (AvgIpc) is 2.54. The molecule has 0 spiro atoms. The van der Waals surface area contributed by atoms with Crippen LogP contribution in [0.4, 0.5) is 0 Å². The summed E-state index contributed by atoms with van der Waals surface area (Å²) in [6, 6.07) is 0.594. The summed E-state index contributed by atoms with van der Waals surface area (Å²) in [4.78, 5) is 22.4. The van der Waals surface area contributed by atoms with Gasteiger partial charge in [-0.05, 0) is 19.8 Å². The molecule has 3 rings (SSSR count). The van der Waals surface area contributed by atoms with E-state index >= 15 is 0 Å². The summed E-state index contributed by atoms with van der Waals surface area (Å²) in [5.74, 6) is 1.01. The Kier molecular flexibility index (Phi) is 1.99. The zero-order chi connectivity index (χ0) is 11.3. The molecule has 1 aromatic rings. The molecule has 1 amide bonds. The van der Waals surface area contributed by atoms with Gasteiger partial charge in [-0.3, -0.25) is 4.79 Å². The number of carbonyl (C=O) groups excluding carboxylic acids is 1. The van der Waals surface area contributed by atoms with Crippen LogP contribution in [0.1, 0.15) is 42.9 Å². The maximum absolute atomic E-state index is 11.6. The third-order valence-corrected chi connectivity index (χ3v) is 3.67. The molecule has 2 aliphatic rings. The van der Waals surface area contributed by atoms with Crippen LogP contribution in [0.3, 0.4) is 0 Å². The molecule has 1 saturated heterocycles. The minimum atomic E-state index is 0.179. The summed E-state index contributed by atoms with van der Waals surface area (Å²) in [7, 11) is 0. The van der Waals surface area contributed by atoms with Gasteiger partial charge in [0.05, 0.1) is 11.7 Å². The van der Waals surface area contributed by atoms with E-state index in [9.17, 15) is 4.79 Å². The van der Waals surface area contributed by atoms with Crippen molar-refractivity contribution in [3.8, 4) is 0 Å². The van der Waals surface area contributed by atoms with Crippen molar-refractivity contribution >= 4 is 5.91 Å². The summed E-state index contributed by atoms with van der Waals surface area (Å²) in [5.41, 5.74) is 2.31. The summed E-state index contributed by atoms with van der Waals surface area (Å²) < 4.78 is 0. The van der Waals surface area contributed by atoms with Gasteiger partial charge in [0.15, 0.2) is 0 Å². The molecule has 3 heterocycles. The lowest BCUT2D eigenvalue weighted by Crippen LogP contribution is -2.41. The third kappa shape index (κ3) is 1.25. The first kappa shape index (κ1) is 9.75. The Hall–Kier alpha value is -1.45. The van der Waals surface area contributed by atoms with E-state index in [1.165, 1.54) is 0 Å². The normalized spacial score (nSPS) is 26.8. The highest BCUT2D eigenvalue weighted by molar-refractivity contribution is 5.75. The van der Waals surface area contributed by atoms with Gasteiger partial charge in [0.2, 0.25) is 5.91 Å². The molecule has 2 bridgehead atoms. The molecule has 4 nitrogen and oxygen atoms in total. The van der Waals surface area contributed by atoms with E-state index in [1.807, 2.05) is 18.0 Å². The molecule has 0 aromatic carbocycles. The number of amides is 1. The topological polar surface area (TPSA) is 46.1 Å². The van der Waals surface area contributed by atoms with E-state index in [0.717, 1.165) is 36.3 Å². The second kappa shape index (κ2) is 3.27. The van der Waals surface area contributed by atoms with Crippen LogP contribution in [0.15, 0.2) is 6.20 Å². The van der Waals surface area contributed by atoms with Crippen molar-refractivity contribution in [3.05, 3.63) is 23.3 Å². The molecule has 1 fully saturated rings. The van der Waals surface area contributed by atoms with Gasteiger partial charge in [0.1, 0.15) is 5.82 Å². The highest BCUT2D eigenvalue weighted by atomic mass is 16.2. The van der Waals surface area contributed by atoms with Crippen molar-refractivity contribution in [2.75, 3.05) is 0 Å². The van der Waals surface area contributed by atoms with E-state index in [2.05, 4.69) is 9.97 Å². The van der Waals surface area contributed by atoms with Gasteiger partial charge < -0.3 is 4.90 Å². The number of aryl methyl sites for hydroxylation is 1. The molecular weight excluding hydrogens is 202 g/mol. The third-order valence-electron chi connectivity index (χ3n) is 3.67. The summed E-state index contributed by atoms with van der Waals surface area (Å²) in [5, 5.41) is 0. The number of aromatic nitrogens is 2. The van der Waals surface area contributed by atoms with Gasteiger partial charge in [-0.15, -0.1) is 0 Å². The van der Waals surface area contributed by atoms with Crippen molar-refractivity contribution in [1.82, 2.24) is 14.9 Å². The lowest BCUT2D eigenvalue weighted by atomic mass is 9.99. The fourth-order valence-electron chi connectivity index (χ4n) is 3.06. The van der Waals surface area contributed by atoms with E-state index in [1.54, 1.807) is 6.92 Å². The van der Waals surface area contributed by atoms with Crippen molar-refractivity contribution in [2.24, 2.45) is 0 Å².